The summed E-state index contributed by atoms with van der Waals surface area (Å²) in [4.78, 5) is 19.1. The first kappa shape index (κ1) is 23.4. The number of nitrogens with one attached hydrogen (secondary N) is 1. The van der Waals surface area contributed by atoms with Crippen molar-refractivity contribution in [3.8, 4) is 0 Å². The molecule has 0 saturated heterocycles. The quantitative estimate of drug-likeness (QED) is 0.622. The van der Waals surface area contributed by atoms with Crippen molar-refractivity contribution in [3.63, 3.8) is 0 Å². The number of hydrogen-bond acceptors (Lipinski definition) is 4. The van der Waals surface area contributed by atoms with Crippen molar-refractivity contribution in [1.29, 1.82) is 0 Å². The highest BCUT2D eigenvalue weighted by molar-refractivity contribution is 7.90. The fourth-order valence-electron chi connectivity index (χ4n) is 3.29. The second-order valence-electron chi connectivity index (χ2n) is 6.60. The Balaban J connectivity index is 0.00000300. The van der Waals surface area contributed by atoms with Crippen LogP contribution >= 0.6 is 12.4 Å². The minimum absolute atomic E-state index is 0. The van der Waals surface area contributed by atoms with Gasteiger partial charge in [-0.15, -0.1) is 12.4 Å². The molecule has 3 heterocycles. The summed E-state index contributed by atoms with van der Waals surface area (Å²) in [6.45, 7) is 2.52. The Morgan fingerprint density at radius 1 is 1.21 bits per heavy atom. The predicted octanol–water partition coefficient (Wildman–Crippen LogP) is 2.88. The number of carbonyl (C=O) groups is 1. The van der Waals surface area contributed by atoms with Crippen LogP contribution in [-0.2, 0) is 23.0 Å². The number of pyridine rings is 1. The molecule has 0 atom stereocenters. The fraction of sp³-hybridized carbons (Fsp3) is 0.529. The van der Waals surface area contributed by atoms with Crippen LogP contribution in [0.5, 0.6) is 0 Å². The van der Waals surface area contributed by atoms with E-state index in [1.165, 1.54) is 4.72 Å². The largest absolute Gasteiger partial charge is 0.511 e. The zero-order valence-corrected chi connectivity index (χ0v) is 17.3. The molecule has 1 aliphatic rings. The molecular weight excluding hydrogens is 433 g/mol. The van der Waals surface area contributed by atoms with Gasteiger partial charge in [0, 0.05) is 18.8 Å². The summed E-state index contributed by atoms with van der Waals surface area (Å²) in [7, 11) is -5.30. The molecule has 0 aliphatic carbocycles. The van der Waals surface area contributed by atoms with Crippen LogP contribution < -0.4 is 4.72 Å². The maximum atomic E-state index is 12.9. The maximum absolute atomic E-state index is 12.9. The van der Waals surface area contributed by atoms with Crippen molar-refractivity contribution in [2.45, 2.75) is 44.7 Å². The van der Waals surface area contributed by atoms with Crippen LogP contribution in [0, 0.1) is 0 Å². The van der Waals surface area contributed by atoms with Gasteiger partial charge in [0.1, 0.15) is 11.3 Å². The number of hydrogen-bond donors (Lipinski definition) is 1. The van der Waals surface area contributed by atoms with E-state index in [-0.39, 0.29) is 31.3 Å². The Kier molecular flexibility index (Phi) is 7.18. The zero-order valence-electron chi connectivity index (χ0n) is 15.7. The molecule has 2 aromatic heterocycles. The van der Waals surface area contributed by atoms with E-state index >= 15 is 0 Å². The van der Waals surface area contributed by atoms with E-state index in [1.807, 2.05) is 29.5 Å². The number of aryl methyl sites for hydroxylation is 1. The van der Waals surface area contributed by atoms with Gasteiger partial charge >= 0.3 is 15.5 Å². The number of carbonyl (C=O) groups excluding carboxylic acids is 1. The Morgan fingerprint density at radius 3 is 2.59 bits per heavy atom. The van der Waals surface area contributed by atoms with Gasteiger partial charge in [-0.3, -0.25) is 9.20 Å². The van der Waals surface area contributed by atoms with Crippen LogP contribution in [0.4, 0.5) is 13.2 Å². The van der Waals surface area contributed by atoms with Crippen molar-refractivity contribution < 1.29 is 26.4 Å². The lowest BCUT2D eigenvalue weighted by Gasteiger charge is -2.28. The number of alkyl halides is 3. The highest BCUT2D eigenvalue weighted by atomic mass is 35.5. The third kappa shape index (κ3) is 4.67. The number of imidazole rings is 1. The highest BCUT2D eigenvalue weighted by Gasteiger charge is 2.45. The van der Waals surface area contributed by atoms with E-state index < -0.39 is 15.5 Å². The summed E-state index contributed by atoms with van der Waals surface area (Å²) in [6.07, 6.45) is 1.94. The number of amides is 1. The van der Waals surface area contributed by atoms with Crippen LogP contribution in [0.1, 0.15) is 48.1 Å². The van der Waals surface area contributed by atoms with Crippen LogP contribution in [-0.4, -0.2) is 47.2 Å². The second-order valence-corrected chi connectivity index (χ2v) is 8.36. The van der Waals surface area contributed by atoms with E-state index in [4.69, 9.17) is 0 Å². The molecule has 0 unspecified atom stereocenters. The Hall–Kier alpha value is -1.85. The molecule has 0 aromatic carbocycles. The first-order valence-corrected chi connectivity index (χ1v) is 10.5. The molecule has 1 aliphatic heterocycles. The van der Waals surface area contributed by atoms with Crippen molar-refractivity contribution >= 4 is 34.0 Å². The first-order valence-electron chi connectivity index (χ1n) is 9.00. The van der Waals surface area contributed by atoms with Gasteiger partial charge in [0.25, 0.3) is 5.91 Å². The average Bonchev–Trinajstić information content (AvgIpc) is 3.01. The van der Waals surface area contributed by atoms with Crippen molar-refractivity contribution in [1.82, 2.24) is 19.0 Å². The van der Waals surface area contributed by atoms with E-state index in [0.717, 1.165) is 17.0 Å². The summed E-state index contributed by atoms with van der Waals surface area (Å²) in [6, 6.07) is 5.68. The number of aromatic nitrogens is 2. The molecule has 0 fully saturated rings. The van der Waals surface area contributed by atoms with Gasteiger partial charge < -0.3 is 4.90 Å². The van der Waals surface area contributed by atoms with Gasteiger partial charge in [-0.1, -0.05) is 19.4 Å². The molecule has 1 amide bonds. The van der Waals surface area contributed by atoms with Crippen LogP contribution in [0.2, 0.25) is 0 Å². The third-order valence-corrected chi connectivity index (χ3v) is 5.87. The fourth-order valence-corrected chi connectivity index (χ4v) is 3.86. The SMILES string of the molecule is CCc1nc2cccc3n2c1C(=O)N(CCCCCNS(=O)(=O)C(F)(F)F)C3.Cl. The second kappa shape index (κ2) is 8.88. The minimum atomic E-state index is -5.30. The molecule has 12 heteroatoms. The molecule has 162 valence electrons. The molecule has 0 bridgehead atoms. The normalized spacial score (nSPS) is 14.3. The van der Waals surface area contributed by atoms with Gasteiger partial charge in [0.15, 0.2) is 0 Å². The third-order valence-electron chi connectivity index (χ3n) is 4.68. The molecule has 0 spiro atoms. The first-order chi connectivity index (χ1) is 13.2. The van der Waals surface area contributed by atoms with Crippen molar-refractivity contribution in [2.75, 3.05) is 13.1 Å². The van der Waals surface area contributed by atoms with E-state index in [1.54, 1.807) is 4.90 Å². The summed E-state index contributed by atoms with van der Waals surface area (Å²) in [5, 5.41) is 0. The molecule has 1 N–H and O–H groups in total. The molecular formula is C17H22ClF3N4O3S. The molecule has 3 rings (SSSR count). The Morgan fingerprint density at radius 2 is 1.93 bits per heavy atom. The smallest absolute Gasteiger partial charge is 0.331 e. The average molecular weight is 455 g/mol. The molecule has 2 aromatic rings. The van der Waals surface area contributed by atoms with Crippen LogP contribution in [0.25, 0.3) is 5.65 Å². The number of halogens is 4. The lowest BCUT2D eigenvalue weighted by molar-refractivity contribution is -0.0447. The van der Waals surface area contributed by atoms with Gasteiger partial charge in [-0.25, -0.2) is 18.1 Å². The summed E-state index contributed by atoms with van der Waals surface area (Å²) >= 11 is 0. The minimum Gasteiger partial charge on any atom is -0.331 e. The number of rotatable bonds is 8. The van der Waals surface area contributed by atoms with Crippen molar-refractivity contribution in [3.05, 3.63) is 35.3 Å². The topological polar surface area (TPSA) is 83.8 Å². The molecule has 0 radical (unpaired) electrons. The lowest BCUT2D eigenvalue weighted by atomic mass is 10.1. The van der Waals surface area contributed by atoms with Gasteiger partial charge in [-0.05, 0) is 31.4 Å². The van der Waals surface area contributed by atoms with E-state index in [9.17, 15) is 26.4 Å². The van der Waals surface area contributed by atoms with Crippen LogP contribution in [0.15, 0.2) is 18.2 Å². The Labute approximate surface area is 172 Å². The molecule has 0 saturated carbocycles. The number of nitrogens with zero attached hydrogens (tertiary/aromatic N) is 3. The maximum Gasteiger partial charge on any atom is 0.511 e. The predicted molar refractivity (Wildman–Crippen MR) is 103 cm³/mol. The summed E-state index contributed by atoms with van der Waals surface area (Å²) in [5.41, 5.74) is -2.29. The lowest BCUT2D eigenvalue weighted by Crippen LogP contribution is -2.38. The highest BCUT2D eigenvalue weighted by Crippen LogP contribution is 2.25. The van der Waals surface area contributed by atoms with E-state index in [0.29, 0.717) is 38.0 Å². The van der Waals surface area contributed by atoms with Gasteiger partial charge in [-0.2, -0.15) is 13.2 Å². The zero-order chi connectivity index (χ0) is 20.5. The standard InChI is InChI=1S/C17H21F3N4O3S.ClH/c1-2-13-15-16(25)23(11-12-7-6-8-14(22-13)24(12)15)10-5-3-4-9-21-28(26,27)17(18,19)20;/h6-8,21H,2-5,9-11H2,1H3;1H. The summed E-state index contributed by atoms with van der Waals surface area (Å²) in [5.74, 6) is -0.110. The summed E-state index contributed by atoms with van der Waals surface area (Å²) < 4.78 is 62.0. The van der Waals surface area contributed by atoms with Gasteiger partial charge in [0.05, 0.1) is 12.2 Å². The number of unbranched alkanes of at least 4 members (excludes halogenated alkanes) is 2. The number of sulfonamides is 1. The monoisotopic (exact) mass is 454 g/mol. The van der Waals surface area contributed by atoms with E-state index in [2.05, 4.69) is 4.98 Å². The Bertz CT molecular complexity index is 992. The molecule has 7 nitrogen and oxygen atoms in total. The van der Waals surface area contributed by atoms with Crippen LogP contribution in [0.3, 0.4) is 0 Å². The van der Waals surface area contributed by atoms with Crippen molar-refractivity contribution in [2.24, 2.45) is 0 Å². The molecule has 29 heavy (non-hydrogen) atoms. The van der Waals surface area contributed by atoms with Gasteiger partial charge in [0.2, 0.25) is 0 Å².